The van der Waals surface area contributed by atoms with Gasteiger partial charge in [-0.15, -0.1) is 0 Å². The number of nitrogens with zero attached hydrogens (tertiary/aromatic N) is 1. The summed E-state index contributed by atoms with van der Waals surface area (Å²) in [4.78, 5) is 12.7. The molecule has 0 aliphatic rings. The summed E-state index contributed by atoms with van der Waals surface area (Å²) < 4.78 is 16.8. The fourth-order valence-electron chi connectivity index (χ4n) is 3.57. The van der Waals surface area contributed by atoms with Crippen LogP contribution in [0.15, 0.2) is 54.6 Å². The third-order valence-electron chi connectivity index (χ3n) is 5.27. The molecule has 176 valence electrons. The van der Waals surface area contributed by atoms with Crippen LogP contribution in [0.25, 0.3) is 11.1 Å². The Morgan fingerprint density at radius 3 is 2.48 bits per heavy atom. The van der Waals surface area contributed by atoms with Gasteiger partial charge < -0.3 is 18.8 Å². The van der Waals surface area contributed by atoms with Gasteiger partial charge in [-0.25, -0.2) is 4.79 Å². The molecule has 0 radical (unpaired) electrons. The summed E-state index contributed by atoms with van der Waals surface area (Å²) in [6.45, 7) is 8.63. The Morgan fingerprint density at radius 1 is 1.09 bits per heavy atom. The summed E-state index contributed by atoms with van der Waals surface area (Å²) in [6, 6.07) is 17.9. The van der Waals surface area contributed by atoms with Gasteiger partial charge >= 0.3 is 5.97 Å². The standard InChI is InChI=1S/C27H34N2O3S/c1-6-8-11-21-18-23(26(29(21)5)27(30)31-7-2)20-14-16-22(17-15-20)32-25-13-10-9-12-24(25)28-33-19(3)4/h9-10,12-19,28H,6-8,11H2,1-5H3. The van der Waals surface area contributed by atoms with Gasteiger partial charge in [0.2, 0.25) is 0 Å². The summed E-state index contributed by atoms with van der Waals surface area (Å²) in [7, 11) is 1.94. The van der Waals surface area contributed by atoms with Gasteiger partial charge in [0, 0.05) is 23.6 Å². The number of rotatable bonds is 11. The number of benzene rings is 2. The van der Waals surface area contributed by atoms with Crippen molar-refractivity contribution in [3.8, 4) is 22.6 Å². The van der Waals surface area contributed by atoms with E-state index in [2.05, 4.69) is 31.6 Å². The molecule has 3 aromatic rings. The zero-order valence-corrected chi connectivity index (χ0v) is 21.0. The number of carbonyl (C=O) groups excluding carboxylic acids is 1. The van der Waals surface area contributed by atoms with E-state index >= 15 is 0 Å². The lowest BCUT2D eigenvalue weighted by Gasteiger charge is -2.14. The quantitative estimate of drug-likeness (QED) is 0.235. The molecule has 0 aliphatic carbocycles. The van der Waals surface area contributed by atoms with Crippen LogP contribution in [0.4, 0.5) is 5.69 Å². The highest BCUT2D eigenvalue weighted by molar-refractivity contribution is 8.01. The molecule has 0 aliphatic heterocycles. The number of esters is 1. The van der Waals surface area contributed by atoms with Crippen LogP contribution in [0.5, 0.6) is 11.5 Å². The van der Waals surface area contributed by atoms with Crippen LogP contribution < -0.4 is 9.46 Å². The first kappa shape index (κ1) is 24.8. The maximum atomic E-state index is 12.7. The maximum absolute atomic E-state index is 12.7. The van der Waals surface area contributed by atoms with Gasteiger partial charge in [0.25, 0.3) is 0 Å². The minimum atomic E-state index is -0.291. The van der Waals surface area contributed by atoms with E-state index in [1.807, 2.05) is 67.1 Å². The van der Waals surface area contributed by atoms with Crippen LogP contribution >= 0.6 is 11.9 Å². The first-order valence-corrected chi connectivity index (χ1v) is 12.5. The van der Waals surface area contributed by atoms with Crippen LogP contribution in [0.3, 0.4) is 0 Å². The predicted octanol–water partition coefficient (Wildman–Crippen LogP) is 7.47. The molecule has 0 fully saturated rings. The van der Waals surface area contributed by atoms with Gasteiger partial charge in [-0.2, -0.15) is 0 Å². The van der Waals surface area contributed by atoms with Gasteiger partial charge in [0.05, 0.1) is 12.3 Å². The second kappa shape index (κ2) is 11.8. The fourth-order valence-corrected chi connectivity index (χ4v) is 4.10. The minimum Gasteiger partial charge on any atom is -0.461 e. The summed E-state index contributed by atoms with van der Waals surface area (Å²) >= 11 is 1.65. The molecule has 2 aromatic carbocycles. The van der Waals surface area contributed by atoms with Crippen LogP contribution in [0.1, 0.15) is 56.7 Å². The third-order valence-corrected chi connectivity index (χ3v) is 6.08. The highest BCUT2D eigenvalue weighted by Crippen LogP contribution is 2.34. The van der Waals surface area contributed by atoms with Crippen LogP contribution in [0, 0.1) is 0 Å². The molecule has 3 rings (SSSR count). The summed E-state index contributed by atoms with van der Waals surface area (Å²) in [5.41, 5.74) is 4.53. The Labute approximate surface area is 201 Å². The molecule has 0 saturated carbocycles. The number of ether oxygens (including phenoxy) is 2. The highest BCUT2D eigenvalue weighted by Gasteiger charge is 2.21. The molecule has 0 saturated heterocycles. The second-order valence-corrected chi connectivity index (χ2v) is 9.55. The van der Waals surface area contributed by atoms with Crippen molar-refractivity contribution in [2.75, 3.05) is 11.3 Å². The van der Waals surface area contributed by atoms with Crippen LogP contribution in [-0.4, -0.2) is 22.4 Å². The highest BCUT2D eigenvalue weighted by atomic mass is 32.2. The molecule has 33 heavy (non-hydrogen) atoms. The molecular weight excluding hydrogens is 432 g/mol. The van der Waals surface area contributed by atoms with Gasteiger partial charge in [-0.05, 0) is 67.6 Å². The average molecular weight is 467 g/mol. The number of carbonyl (C=O) groups is 1. The number of unbranched alkanes of at least 4 members (excludes halogenated alkanes) is 1. The Morgan fingerprint density at radius 2 is 1.82 bits per heavy atom. The first-order chi connectivity index (χ1) is 15.9. The molecule has 0 spiro atoms. The van der Waals surface area contributed by atoms with E-state index in [1.165, 1.54) is 0 Å². The molecule has 0 amide bonds. The van der Waals surface area contributed by atoms with E-state index in [-0.39, 0.29) is 5.97 Å². The van der Waals surface area contributed by atoms with Crippen molar-refractivity contribution in [3.63, 3.8) is 0 Å². The van der Waals surface area contributed by atoms with E-state index in [0.717, 1.165) is 53.3 Å². The number of para-hydroxylation sites is 2. The van der Waals surface area contributed by atoms with Gasteiger partial charge in [0.1, 0.15) is 11.4 Å². The lowest BCUT2D eigenvalue weighted by molar-refractivity contribution is 0.0516. The molecule has 1 heterocycles. The van der Waals surface area contributed by atoms with Gasteiger partial charge in [0.15, 0.2) is 5.75 Å². The largest absolute Gasteiger partial charge is 0.461 e. The number of hydrogen-bond donors (Lipinski definition) is 1. The Bertz CT molecular complexity index is 1060. The van der Waals surface area contributed by atoms with Crippen molar-refractivity contribution in [2.24, 2.45) is 7.05 Å². The van der Waals surface area contributed by atoms with Gasteiger partial charge in [-0.3, -0.25) is 0 Å². The van der Waals surface area contributed by atoms with Crippen molar-refractivity contribution < 1.29 is 14.3 Å². The number of hydrogen-bond acceptors (Lipinski definition) is 5. The lowest BCUT2D eigenvalue weighted by atomic mass is 10.0. The topological polar surface area (TPSA) is 52.5 Å². The SMILES string of the molecule is CCCCc1cc(-c2ccc(Oc3ccccc3NSC(C)C)cc2)c(C(=O)OCC)n1C. The first-order valence-electron chi connectivity index (χ1n) is 11.6. The monoisotopic (exact) mass is 466 g/mol. The predicted molar refractivity (Wildman–Crippen MR) is 138 cm³/mol. The summed E-state index contributed by atoms with van der Waals surface area (Å²) in [5.74, 6) is 1.22. The normalized spacial score (nSPS) is 11.0. The Hall–Kier alpha value is -2.86. The molecule has 0 atom stereocenters. The number of aromatic nitrogens is 1. The van der Waals surface area contributed by atoms with E-state index in [1.54, 1.807) is 11.9 Å². The minimum absolute atomic E-state index is 0.291. The molecular formula is C27H34N2O3S. The molecule has 1 aromatic heterocycles. The Balaban J connectivity index is 1.86. The summed E-state index contributed by atoms with van der Waals surface area (Å²) in [5, 5.41) is 0.457. The maximum Gasteiger partial charge on any atom is 0.355 e. The van der Waals surface area contributed by atoms with Crippen molar-refractivity contribution >= 4 is 23.6 Å². The molecule has 1 N–H and O–H groups in total. The van der Waals surface area contributed by atoms with Crippen molar-refractivity contribution in [1.29, 1.82) is 0 Å². The van der Waals surface area contributed by atoms with Crippen molar-refractivity contribution in [3.05, 3.63) is 66.0 Å². The number of nitrogens with one attached hydrogen (secondary N) is 1. The molecule has 5 nitrogen and oxygen atoms in total. The van der Waals surface area contributed by atoms with Crippen LogP contribution in [0.2, 0.25) is 0 Å². The van der Waals surface area contributed by atoms with E-state index in [4.69, 9.17) is 9.47 Å². The van der Waals surface area contributed by atoms with E-state index in [0.29, 0.717) is 17.6 Å². The molecule has 0 bridgehead atoms. The second-order valence-electron chi connectivity index (χ2n) is 8.17. The van der Waals surface area contributed by atoms with E-state index in [9.17, 15) is 4.79 Å². The molecule has 0 unspecified atom stereocenters. The zero-order chi connectivity index (χ0) is 23.8. The number of aryl methyl sites for hydroxylation is 1. The van der Waals surface area contributed by atoms with Crippen LogP contribution in [-0.2, 0) is 18.2 Å². The third kappa shape index (κ3) is 6.35. The number of anilines is 1. The lowest BCUT2D eigenvalue weighted by Crippen LogP contribution is -2.12. The van der Waals surface area contributed by atoms with Crippen molar-refractivity contribution in [2.45, 2.75) is 52.2 Å². The average Bonchev–Trinajstić information content (AvgIpc) is 3.13. The molecule has 6 heteroatoms. The van der Waals surface area contributed by atoms with Crippen molar-refractivity contribution in [1.82, 2.24) is 4.57 Å². The fraction of sp³-hybridized carbons (Fsp3) is 0.370. The smallest absolute Gasteiger partial charge is 0.355 e. The van der Waals surface area contributed by atoms with E-state index < -0.39 is 0 Å². The summed E-state index contributed by atoms with van der Waals surface area (Å²) in [6.07, 6.45) is 3.11. The zero-order valence-electron chi connectivity index (χ0n) is 20.2. The van der Waals surface area contributed by atoms with Gasteiger partial charge in [-0.1, -0.05) is 51.5 Å². The Kier molecular flexibility index (Phi) is 8.89.